The number of ether oxygens (including phenoxy) is 1. The van der Waals surface area contributed by atoms with Gasteiger partial charge in [0.1, 0.15) is 5.75 Å². The number of hydrogen-bond donors (Lipinski definition) is 1. The Bertz CT molecular complexity index is 731. The molecule has 1 aliphatic heterocycles. The summed E-state index contributed by atoms with van der Waals surface area (Å²) in [5, 5.41) is 3.70. The molecule has 1 saturated heterocycles. The average molecular weight is 375 g/mol. The molecule has 1 amide bonds. The van der Waals surface area contributed by atoms with Crippen molar-refractivity contribution in [3.63, 3.8) is 0 Å². The van der Waals surface area contributed by atoms with Gasteiger partial charge < -0.3 is 15.0 Å². The van der Waals surface area contributed by atoms with Crippen LogP contribution in [0.1, 0.15) is 10.4 Å². The van der Waals surface area contributed by atoms with E-state index in [2.05, 4.69) is 32.2 Å². The Morgan fingerprint density at radius 3 is 2.62 bits per heavy atom. The van der Waals surface area contributed by atoms with Crippen LogP contribution in [0.2, 0.25) is 5.02 Å². The molecular formula is C19H23ClN4O2. The van der Waals surface area contributed by atoms with E-state index in [0.717, 1.165) is 37.7 Å². The Labute approximate surface area is 158 Å². The highest BCUT2D eigenvalue weighted by molar-refractivity contribution is 6.30. The van der Waals surface area contributed by atoms with Crippen LogP contribution in [-0.4, -0.2) is 62.2 Å². The fourth-order valence-corrected chi connectivity index (χ4v) is 3.09. The molecule has 6 nitrogen and oxygen atoms in total. The quantitative estimate of drug-likeness (QED) is 0.840. The maximum atomic E-state index is 12.2. The first-order chi connectivity index (χ1) is 12.7. The highest BCUT2D eigenvalue weighted by Crippen LogP contribution is 2.19. The Morgan fingerprint density at radius 1 is 1.19 bits per heavy atom. The second-order valence-corrected chi connectivity index (χ2v) is 6.61. The van der Waals surface area contributed by atoms with Gasteiger partial charge in [-0.25, -0.2) is 0 Å². The maximum Gasteiger partial charge on any atom is 0.253 e. The molecule has 0 saturated carbocycles. The SMILES string of the molecule is COc1cncc(C(=O)NCCN2CCN(c3ccc(Cl)cc3)CC2)c1. The summed E-state index contributed by atoms with van der Waals surface area (Å²) in [4.78, 5) is 20.9. The summed E-state index contributed by atoms with van der Waals surface area (Å²) in [6, 6.07) is 9.65. The minimum Gasteiger partial charge on any atom is -0.495 e. The molecule has 138 valence electrons. The van der Waals surface area contributed by atoms with Gasteiger partial charge in [0.2, 0.25) is 0 Å². The van der Waals surface area contributed by atoms with E-state index in [-0.39, 0.29) is 5.91 Å². The molecule has 0 unspecified atom stereocenters. The van der Waals surface area contributed by atoms with Crippen LogP contribution >= 0.6 is 11.6 Å². The van der Waals surface area contributed by atoms with Gasteiger partial charge in [0.25, 0.3) is 5.91 Å². The molecule has 26 heavy (non-hydrogen) atoms. The standard InChI is InChI=1S/C19H23ClN4O2/c1-26-18-12-15(13-21-14-18)19(25)22-6-7-23-8-10-24(11-9-23)17-4-2-16(20)3-5-17/h2-5,12-14H,6-11H2,1H3,(H,22,25). The van der Waals surface area contributed by atoms with E-state index in [1.165, 1.54) is 5.69 Å². The minimum absolute atomic E-state index is 0.129. The number of pyridine rings is 1. The molecule has 1 aliphatic rings. The molecule has 0 bridgehead atoms. The molecule has 7 heteroatoms. The highest BCUT2D eigenvalue weighted by Gasteiger charge is 2.17. The summed E-state index contributed by atoms with van der Waals surface area (Å²) < 4.78 is 5.09. The van der Waals surface area contributed by atoms with Gasteiger partial charge in [-0.15, -0.1) is 0 Å². The Hall–Kier alpha value is -2.31. The number of amides is 1. The third kappa shape index (κ3) is 4.86. The molecule has 1 N–H and O–H groups in total. The van der Waals surface area contributed by atoms with E-state index in [1.807, 2.05) is 12.1 Å². The smallest absolute Gasteiger partial charge is 0.253 e. The van der Waals surface area contributed by atoms with Gasteiger partial charge in [0.05, 0.1) is 18.9 Å². The lowest BCUT2D eigenvalue weighted by Gasteiger charge is -2.36. The summed E-state index contributed by atoms with van der Waals surface area (Å²) in [5.41, 5.74) is 1.71. The molecule has 1 aromatic carbocycles. The van der Waals surface area contributed by atoms with Crippen LogP contribution in [0.4, 0.5) is 5.69 Å². The second-order valence-electron chi connectivity index (χ2n) is 6.17. The number of methoxy groups -OCH3 is 1. The monoisotopic (exact) mass is 374 g/mol. The first-order valence-corrected chi connectivity index (χ1v) is 9.03. The third-order valence-corrected chi connectivity index (χ3v) is 4.74. The Balaban J connectivity index is 1.41. The molecule has 0 spiro atoms. The van der Waals surface area contributed by atoms with E-state index in [0.29, 0.717) is 17.9 Å². The Kier molecular flexibility index (Phi) is 6.30. The highest BCUT2D eigenvalue weighted by atomic mass is 35.5. The summed E-state index contributed by atoms with van der Waals surface area (Å²) in [5.74, 6) is 0.451. The fraction of sp³-hybridized carbons (Fsp3) is 0.368. The second kappa shape index (κ2) is 8.87. The number of nitrogens with zero attached hydrogens (tertiary/aromatic N) is 3. The zero-order valence-corrected chi connectivity index (χ0v) is 15.6. The number of rotatable bonds is 6. The van der Waals surface area contributed by atoms with E-state index >= 15 is 0 Å². The number of anilines is 1. The van der Waals surface area contributed by atoms with Crippen LogP contribution in [0.15, 0.2) is 42.7 Å². The van der Waals surface area contributed by atoms with Crippen molar-refractivity contribution in [1.82, 2.24) is 15.2 Å². The average Bonchev–Trinajstić information content (AvgIpc) is 2.69. The van der Waals surface area contributed by atoms with Crippen LogP contribution in [0.25, 0.3) is 0 Å². The lowest BCUT2D eigenvalue weighted by molar-refractivity contribution is 0.0947. The van der Waals surface area contributed by atoms with Crippen LogP contribution in [0.3, 0.4) is 0 Å². The zero-order valence-electron chi connectivity index (χ0n) is 14.8. The number of carbonyl (C=O) groups is 1. The predicted molar refractivity (Wildman–Crippen MR) is 103 cm³/mol. The van der Waals surface area contributed by atoms with Crippen molar-refractivity contribution in [3.8, 4) is 5.75 Å². The van der Waals surface area contributed by atoms with Crippen LogP contribution < -0.4 is 15.0 Å². The number of nitrogens with one attached hydrogen (secondary N) is 1. The van der Waals surface area contributed by atoms with E-state index in [9.17, 15) is 4.79 Å². The largest absolute Gasteiger partial charge is 0.495 e. The third-order valence-electron chi connectivity index (χ3n) is 4.49. The molecular weight excluding hydrogens is 352 g/mol. The van der Waals surface area contributed by atoms with Gasteiger partial charge in [0, 0.05) is 56.2 Å². The number of piperazine rings is 1. The Morgan fingerprint density at radius 2 is 1.92 bits per heavy atom. The topological polar surface area (TPSA) is 57.7 Å². The lowest BCUT2D eigenvalue weighted by atomic mass is 10.2. The molecule has 0 atom stereocenters. The van der Waals surface area contributed by atoms with Crippen molar-refractivity contribution in [3.05, 3.63) is 53.3 Å². The van der Waals surface area contributed by atoms with Gasteiger partial charge in [-0.2, -0.15) is 0 Å². The summed E-state index contributed by atoms with van der Waals surface area (Å²) in [6.07, 6.45) is 3.12. The van der Waals surface area contributed by atoms with Crippen molar-refractivity contribution in [2.45, 2.75) is 0 Å². The predicted octanol–water partition coefficient (Wildman–Crippen LogP) is 2.30. The first-order valence-electron chi connectivity index (χ1n) is 8.66. The van der Waals surface area contributed by atoms with Crippen LogP contribution in [-0.2, 0) is 0 Å². The molecule has 0 radical (unpaired) electrons. The van der Waals surface area contributed by atoms with E-state index in [1.54, 1.807) is 25.6 Å². The van der Waals surface area contributed by atoms with Gasteiger partial charge in [0.15, 0.2) is 0 Å². The number of aromatic nitrogens is 1. The lowest BCUT2D eigenvalue weighted by Crippen LogP contribution is -2.48. The van der Waals surface area contributed by atoms with Gasteiger partial charge in [-0.1, -0.05) is 11.6 Å². The van der Waals surface area contributed by atoms with Crippen molar-refractivity contribution in [2.24, 2.45) is 0 Å². The van der Waals surface area contributed by atoms with Gasteiger partial charge >= 0.3 is 0 Å². The molecule has 2 aromatic rings. The summed E-state index contributed by atoms with van der Waals surface area (Å²) in [6.45, 7) is 5.32. The van der Waals surface area contributed by atoms with Crippen LogP contribution in [0.5, 0.6) is 5.75 Å². The molecule has 2 heterocycles. The molecule has 3 rings (SSSR count). The molecule has 1 fully saturated rings. The normalized spacial score (nSPS) is 14.9. The number of hydrogen-bond acceptors (Lipinski definition) is 5. The molecule has 0 aliphatic carbocycles. The zero-order chi connectivity index (χ0) is 18.4. The van der Waals surface area contributed by atoms with Gasteiger partial charge in [-0.05, 0) is 30.3 Å². The number of benzene rings is 1. The maximum absolute atomic E-state index is 12.2. The van der Waals surface area contributed by atoms with E-state index < -0.39 is 0 Å². The number of carbonyl (C=O) groups excluding carboxylic acids is 1. The van der Waals surface area contributed by atoms with Crippen molar-refractivity contribution in [2.75, 3.05) is 51.3 Å². The molecule has 1 aromatic heterocycles. The van der Waals surface area contributed by atoms with E-state index in [4.69, 9.17) is 16.3 Å². The van der Waals surface area contributed by atoms with Crippen molar-refractivity contribution >= 4 is 23.2 Å². The van der Waals surface area contributed by atoms with Crippen LogP contribution in [0, 0.1) is 0 Å². The van der Waals surface area contributed by atoms with Crippen molar-refractivity contribution < 1.29 is 9.53 Å². The first kappa shape index (κ1) is 18.5. The fourth-order valence-electron chi connectivity index (χ4n) is 2.97. The summed E-state index contributed by atoms with van der Waals surface area (Å²) >= 11 is 5.95. The number of halogens is 1. The summed E-state index contributed by atoms with van der Waals surface area (Å²) in [7, 11) is 1.56. The minimum atomic E-state index is -0.129. The van der Waals surface area contributed by atoms with Gasteiger partial charge in [-0.3, -0.25) is 14.7 Å². The van der Waals surface area contributed by atoms with Crippen molar-refractivity contribution in [1.29, 1.82) is 0 Å².